The smallest absolute Gasteiger partial charge is 0.345 e. The fraction of sp³-hybridized carbons (Fsp3) is 0.316. The molecule has 2 aromatic heterocycles. The minimum atomic E-state index is -1.26. The van der Waals surface area contributed by atoms with E-state index in [1.54, 1.807) is 29.5 Å². The largest absolute Gasteiger partial charge is 0.504 e. The molecule has 27 heavy (non-hydrogen) atoms. The van der Waals surface area contributed by atoms with Crippen molar-refractivity contribution in [3.8, 4) is 5.75 Å². The zero-order valence-corrected chi connectivity index (χ0v) is 14.5. The van der Waals surface area contributed by atoms with Crippen LogP contribution >= 0.6 is 0 Å². The van der Waals surface area contributed by atoms with Crippen LogP contribution in [0.25, 0.3) is 11.6 Å². The molecular formula is C19H19N3O5. The highest BCUT2D eigenvalue weighted by molar-refractivity contribution is 6.21. The number of carbonyl (C=O) groups is 1. The van der Waals surface area contributed by atoms with Gasteiger partial charge in [0.1, 0.15) is 0 Å². The van der Waals surface area contributed by atoms with E-state index in [4.69, 9.17) is 4.42 Å². The minimum Gasteiger partial charge on any atom is -0.504 e. The Morgan fingerprint density at radius 2 is 2.30 bits per heavy atom. The summed E-state index contributed by atoms with van der Waals surface area (Å²) in [6.45, 7) is 1.12. The highest BCUT2D eigenvalue weighted by Gasteiger charge is 2.31. The summed E-state index contributed by atoms with van der Waals surface area (Å²) < 4.78 is 5.77. The van der Waals surface area contributed by atoms with Crippen LogP contribution in [0.5, 0.6) is 5.75 Å². The fourth-order valence-electron chi connectivity index (χ4n) is 3.52. The lowest BCUT2D eigenvalue weighted by molar-refractivity contribution is 0.0694. The second-order valence-electron chi connectivity index (χ2n) is 6.67. The van der Waals surface area contributed by atoms with E-state index in [-0.39, 0.29) is 29.7 Å². The van der Waals surface area contributed by atoms with Crippen molar-refractivity contribution in [1.29, 1.82) is 0 Å². The number of aliphatic imine (C=N–C) groups is 1. The van der Waals surface area contributed by atoms with E-state index in [0.717, 1.165) is 18.4 Å². The molecule has 2 aliphatic rings. The summed E-state index contributed by atoms with van der Waals surface area (Å²) >= 11 is 0. The Morgan fingerprint density at radius 1 is 1.44 bits per heavy atom. The molecule has 4 heterocycles. The number of nitrogens with zero attached hydrogens (tertiary/aromatic N) is 3. The molecule has 1 fully saturated rings. The van der Waals surface area contributed by atoms with Crippen molar-refractivity contribution >= 4 is 35.5 Å². The Kier molecular flexibility index (Phi) is 4.41. The number of aromatic hydroxyl groups is 1. The molecule has 1 atom stereocenters. The molecule has 3 N–H and O–H groups in total. The van der Waals surface area contributed by atoms with Gasteiger partial charge in [-0.3, -0.25) is 0 Å². The molecule has 0 aromatic carbocycles. The number of fused-ring (bicyclic) bond motifs is 1. The number of carboxylic acids is 1. The van der Waals surface area contributed by atoms with Crippen molar-refractivity contribution < 1.29 is 24.5 Å². The van der Waals surface area contributed by atoms with Gasteiger partial charge in [0.05, 0.1) is 0 Å². The third kappa shape index (κ3) is 3.08. The van der Waals surface area contributed by atoms with E-state index >= 15 is 0 Å². The number of carboxylic acid groups (broad SMARTS) is 1. The first-order chi connectivity index (χ1) is 13.1. The topological polar surface area (TPSA) is 119 Å². The molecule has 1 saturated heterocycles. The first-order valence-electron chi connectivity index (χ1n) is 8.74. The van der Waals surface area contributed by atoms with Crippen LogP contribution < -0.4 is 4.90 Å². The molecule has 8 nitrogen and oxygen atoms in total. The molecule has 4 rings (SSSR count). The molecule has 0 bridgehead atoms. The maximum atomic E-state index is 11.7. The van der Waals surface area contributed by atoms with Gasteiger partial charge < -0.3 is 24.6 Å². The molecule has 140 valence electrons. The Hall–Kier alpha value is -3.13. The van der Waals surface area contributed by atoms with Crippen molar-refractivity contribution in [3.05, 3.63) is 35.2 Å². The first-order valence-corrected chi connectivity index (χ1v) is 8.74. The Balaban J connectivity index is 1.74. The van der Waals surface area contributed by atoms with Gasteiger partial charge in [0, 0.05) is 43.2 Å². The summed E-state index contributed by atoms with van der Waals surface area (Å²) in [5.74, 6) is -0.881. The van der Waals surface area contributed by atoms with E-state index in [1.807, 2.05) is 6.07 Å². The van der Waals surface area contributed by atoms with Gasteiger partial charge in [0.25, 0.3) is 0 Å². The number of aromatic nitrogens is 1. The lowest BCUT2D eigenvalue weighted by Gasteiger charge is -2.31. The van der Waals surface area contributed by atoms with Crippen LogP contribution in [-0.4, -0.2) is 52.2 Å². The SMILES string of the molecule is O=C(O)c1c(N2CCCC(CO)C2)oc(C=C2C=Nc3ncccc32)c1O. The minimum absolute atomic E-state index is 0.0305. The number of aliphatic hydroxyl groups excluding tert-OH is 1. The van der Waals surface area contributed by atoms with Crippen molar-refractivity contribution in [1.82, 2.24) is 4.98 Å². The maximum absolute atomic E-state index is 11.7. The van der Waals surface area contributed by atoms with E-state index < -0.39 is 11.7 Å². The van der Waals surface area contributed by atoms with Gasteiger partial charge >= 0.3 is 5.97 Å². The van der Waals surface area contributed by atoms with Crippen LogP contribution in [-0.2, 0) is 0 Å². The monoisotopic (exact) mass is 369 g/mol. The summed E-state index contributed by atoms with van der Waals surface area (Å²) in [4.78, 5) is 21.9. The first kappa shape index (κ1) is 17.3. The molecule has 2 aromatic rings. The van der Waals surface area contributed by atoms with Crippen molar-refractivity contribution in [2.75, 3.05) is 24.6 Å². The van der Waals surface area contributed by atoms with Gasteiger partial charge in [0.15, 0.2) is 22.9 Å². The molecule has 0 aliphatic carbocycles. The predicted octanol–water partition coefficient (Wildman–Crippen LogP) is 2.54. The number of aliphatic hydroxyl groups is 1. The van der Waals surface area contributed by atoms with Gasteiger partial charge in [-0.2, -0.15) is 0 Å². The predicted molar refractivity (Wildman–Crippen MR) is 99.6 cm³/mol. The normalized spacial score (nSPS) is 20.3. The summed E-state index contributed by atoms with van der Waals surface area (Å²) in [5.41, 5.74) is 1.20. The molecule has 0 radical (unpaired) electrons. The number of anilines is 1. The third-order valence-electron chi connectivity index (χ3n) is 4.88. The molecule has 1 unspecified atom stereocenters. The quantitative estimate of drug-likeness (QED) is 0.757. The number of pyridine rings is 1. The number of furan rings is 1. The van der Waals surface area contributed by atoms with Crippen LogP contribution in [0.15, 0.2) is 27.7 Å². The standard InChI is InChI=1S/C19H19N3O5/c23-10-11-3-2-6-22(9-11)18-15(19(25)26)16(24)14(27-18)7-12-8-21-17-13(12)4-1-5-20-17/h1,4-5,7-8,11,23-24H,2-3,6,9-10H2,(H,25,26). The van der Waals surface area contributed by atoms with E-state index in [2.05, 4.69) is 9.98 Å². The Morgan fingerprint density at radius 3 is 3.07 bits per heavy atom. The Labute approximate surface area is 155 Å². The van der Waals surface area contributed by atoms with E-state index in [0.29, 0.717) is 24.5 Å². The molecular weight excluding hydrogens is 350 g/mol. The van der Waals surface area contributed by atoms with E-state index in [1.165, 1.54) is 0 Å². The number of piperidine rings is 1. The van der Waals surface area contributed by atoms with E-state index in [9.17, 15) is 20.1 Å². The Bertz CT molecular complexity index is 947. The average molecular weight is 369 g/mol. The van der Waals surface area contributed by atoms with Gasteiger partial charge in [-0.15, -0.1) is 0 Å². The zero-order chi connectivity index (χ0) is 19.0. The van der Waals surface area contributed by atoms with Crippen molar-refractivity contribution in [2.24, 2.45) is 10.9 Å². The summed E-state index contributed by atoms with van der Waals surface area (Å²) in [5, 5.41) is 29.5. The van der Waals surface area contributed by atoms with Crippen molar-refractivity contribution in [3.63, 3.8) is 0 Å². The second-order valence-corrected chi connectivity index (χ2v) is 6.67. The summed E-state index contributed by atoms with van der Waals surface area (Å²) in [7, 11) is 0. The summed E-state index contributed by atoms with van der Waals surface area (Å²) in [6.07, 6.45) is 6.49. The molecule has 8 heteroatoms. The lowest BCUT2D eigenvalue weighted by Crippen LogP contribution is -2.37. The second kappa shape index (κ2) is 6.88. The van der Waals surface area contributed by atoms with Gasteiger partial charge in [-0.1, -0.05) is 0 Å². The molecule has 0 saturated carbocycles. The van der Waals surface area contributed by atoms with Crippen LogP contribution in [0.3, 0.4) is 0 Å². The van der Waals surface area contributed by atoms with Crippen LogP contribution in [0.4, 0.5) is 11.7 Å². The highest BCUT2D eigenvalue weighted by Crippen LogP contribution is 2.40. The van der Waals surface area contributed by atoms with Crippen molar-refractivity contribution in [2.45, 2.75) is 12.8 Å². The number of hydrogen-bond donors (Lipinski definition) is 3. The van der Waals surface area contributed by atoms with Gasteiger partial charge in [-0.25, -0.2) is 14.8 Å². The number of rotatable bonds is 4. The van der Waals surface area contributed by atoms with Crippen LogP contribution in [0.1, 0.15) is 34.5 Å². The number of aromatic carboxylic acids is 1. The highest BCUT2D eigenvalue weighted by atomic mass is 16.4. The zero-order valence-electron chi connectivity index (χ0n) is 14.5. The molecule has 0 spiro atoms. The number of hydrogen-bond acceptors (Lipinski definition) is 7. The third-order valence-corrected chi connectivity index (χ3v) is 4.88. The summed E-state index contributed by atoms with van der Waals surface area (Å²) in [6, 6.07) is 3.62. The lowest BCUT2D eigenvalue weighted by atomic mass is 9.99. The molecule has 0 amide bonds. The maximum Gasteiger partial charge on any atom is 0.345 e. The van der Waals surface area contributed by atoms with Crippen LogP contribution in [0.2, 0.25) is 0 Å². The van der Waals surface area contributed by atoms with Gasteiger partial charge in [-0.05, 0) is 37.0 Å². The fourth-order valence-corrected chi connectivity index (χ4v) is 3.52. The molecule has 2 aliphatic heterocycles. The average Bonchev–Trinajstić information content (AvgIpc) is 3.24. The number of allylic oxidation sites excluding steroid dienone is 1. The van der Waals surface area contributed by atoms with Crippen LogP contribution in [0, 0.1) is 5.92 Å². The van der Waals surface area contributed by atoms with Gasteiger partial charge in [0.2, 0.25) is 5.88 Å².